The fourth-order valence-corrected chi connectivity index (χ4v) is 3.01. The highest BCUT2D eigenvalue weighted by Gasteiger charge is 2.17. The summed E-state index contributed by atoms with van der Waals surface area (Å²) in [7, 11) is 3.42. The molecule has 5 nitrogen and oxygen atoms in total. The van der Waals surface area contributed by atoms with E-state index in [1.165, 1.54) is 10.5 Å². The molecule has 0 saturated heterocycles. The van der Waals surface area contributed by atoms with Crippen molar-refractivity contribution in [2.45, 2.75) is 32.8 Å². The third-order valence-electron chi connectivity index (χ3n) is 4.47. The van der Waals surface area contributed by atoms with Crippen molar-refractivity contribution >= 4 is 11.7 Å². The molecule has 0 aromatic heterocycles. The van der Waals surface area contributed by atoms with Crippen molar-refractivity contribution in [3.8, 4) is 22.6 Å². The van der Waals surface area contributed by atoms with Gasteiger partial charge in [0.25, 0.3) is 0 Å². The van der Waals surface area contributed by atoms with Crippen LogP contribution < -0.4 is 14.8 Å². The lowest BCUT2D eigenvalue weighted by Crippen LogP contribution is -2.27. The Morgan fingerprint density at radius 3 is 2.69 bits per heavy atom. The average Bonchev–Trinajstić information content (AvgIpc) is 2.62. The van der Waals surface area contributed by atoms with Gasteiger partial charge in [-0.3, -0.25) is 0 Å². The summed E-state index contributed by atoms with van der Waals surface area (Å²) in [6.07, 6.45) is 2.34. The first-order chi connectivity index (χ1) is 12.5. The van der Waals surface area contributed by atoms with Crippen LogP contribution in [0.1, 0.15) is 25.8 Å². The number of nitrogens with zero attached hydrogens (tertiary/aromatic N) is 1. The molecule has 1 aliphatic heterocycles. The molecule has 2 aromatic rings. The highest BCUT2D eigenvalue weighted by atomic mass is 16.5. The summed E-state index contributed by atoms with van der Waals surface area (Å²) in [5, 5.41) is 2.87. The molecule has 0 radical (unpaired) electrons. The molecule has 2 aromatic carbocycles. The summed E-state index contributed by atoms with van der Waals surface area (Å²) in [5.41, 5.74) is 4.08. The van der Waals surface area contributed by atoms with Crippen molar-refractivity contribution in [3.63, 3.8) is 0 Å². The molecule has 0 spiro atoms. The van der Waals surface area contributed by atoms with E-state index < -0.39 is 0 Å². The molecule has 1 aliphatic rings. The second-order valence-electron chi connectivity index (χ2n) is 6.76. The van der Waals surface area contributed by atoms with Crippen LogP contribution in [0.3, 0.4) is 0 Å². The van der Waals surface area contributed by atoms with Crippen LogP contribution >= 0.6 is 0 Å². The third kappa shape index (κ3) is 3.93. The van der Waals surface area contributed by atoms with E-state index in [0.717, 1.165) is 29.7 Å². The highest BCUT2D eigenvalue weighted by molar-refractivity contribution is 5.91. The van der Waals surface area contributed by atoms with Gasteiger partial charge < -0.3 is 19.7 Å². The molecule has 5 heteroatoms. The normalized spacial score (nSPS) is 15.6. The number of benzene rings is 2. The minimum Gasteiger partial charge on any atom is -0.492 e. The first kappa shape index (κ1) is 18.1. The van der Waals surface area contributed by atoms with Gasteiger partial charge in [-0.05, 0) is 67.6 Å². The Kier molecular flexibility index (Phi) is 5.35. The van der Waals surface area contributed by atoms with E-state index in [1.54, 1.807) is 14.1 Å². The molecule has 0 fully saturated rings. The highest BCUT2D eigenvalue weighted by Crippen LogP contribution is 2.35. The van der Waals surface area contributed by atoms with Crippen LogP contribution in [0.15, 0.2) is 36.4 Å². The number of anilines is 1. The zero-order valence-corrected chi connectivity index (χ0v) is 15.8. The van der Waals surface area contributed by atoms with E-state index in [-0.39, 0.29) is 12.1 Å². The molecule has 1 atom stereocenters. The topological polar surface area (TPSA) is 50.8 Å². The van der Waals surface area contributed by atoms with Crippen LogP contribution in [0.25, 0.3) is 11.1 Å². The molecule has 0 saturated carbocycles. The number of rotatable bonds is 4. The van der Waals surface area contributed by atoms with Crippen LogP contribution in [0, 0.1) is 0 Å². The minimum absolute atomic E-state index is 0.182. The molecule has 2 amide bonds. The number of hydrogen-bond acceptors (Lipinski definition) is 3. The first-order valence-electron chi connectivity index (χ1n) is 9.03. The van der Waals surface area contributed by atoms with Crippen molar-refractivity contribution in [2.75, 3.05) is 26.0 Å². The van der Waals surface area contributed by atoms with Gasteiger partial charge in [-0.25, -0.2) is 4.79 Å². The van der Waals surface area contributed by atoms with E-state index in [4.69, 9.17) is 9.47 Å². The fraction of sp³-hybridized carbons (Fsp3) is 0.381. The van der Waals surface area contributed by atoms with Crippen molar-refractivity contribution in [2.24, 2.45) is 0 Å². The van der Waals surface area contributed by atoms with Crippen LogP contribution in [0.4, 0.5) is 10.5 Å². The van der Waals surface area contributed by atoms with Gasteiger partial charge in [0.15, 0.2) is 0 Å². The molecule has 26 heavy (non-hydrogen) atoms. The van der Waals surface area contributed by atoms with Gasteiger partial charge in [0, 0.05) is 14.1 Å². The zero-order chi connectivity index (χ0) is 18.7. The average molecular weight is 354 g/mol. The second kappa shape index (κ2) is 7.68. The summed E-state index contributed by atoms with van der Waals surface area (Å²) < 4.78 is 11.6. The molecular formula is C21H26N2O3. The Morgan fingerprint density at radius 2 is 1.96 bits per heavy atom. The Labute approximate surface area is 154 Å². The number of hydrogen-bond donors (Lipinski definition) is 1. The largest absolute Gasteiger partial charge is 0.492 e. The smallest absolute Gasteiger partial charge is 0.321 e. The lowest BCUT2D eigenvalue weighted by molar-refractivity contribution is 0.192. The summed E-state index contributed by atoms with van der Waals surface area (Å²) in [6, 6.07) is 12.0. The van der Waals surface area contributed by atoms with Gasteiger partial charge in [-0.15, -0.1) is 0 Å². The SMILES string of the molecule is CCOc1cc(-c2ccc3c(c2)CCC(C)O3)ccc1NC(=O)N(C)C. The van der Waals surface area contributed by atoms with Gasteiger partial charge in [0.05, 0.1) is 18.4 Å². The fourth-order valence-electron chi connectivity index (χ4n) is 3.01. The number of urea groups is 1. The van der Waals surface area contributed by atoms with Gasteiger partial charge in [-0.1, -0.05) is 12.1 Å². The maximum atomic E-state index is 12.0. The second-order valence-corrected chi connectivity index (χ2v) is 6.76. The Morgan fingerprint density at radius 1 is 1.23 bits per heavy atom. The van der Waals surface area contributed by atoms with Gasteiger partial charge in [0.1, 0.15) is 11.5 Å². The summed E-state index contributed by atoms with van der Waals surface area (Å²) in [4.78, 5) is 13.5. The maximum Gasteiger partial charge on any atom is 0.321 e. The number of carbonyl (C=O) groups is 1. The Hall–Kier alpha value is -2.69. The van der Waals surface area contributed by atoms with Crippen LogP contribution in [-0.4, -0.2) is 37.7 Å². The molecule has 138 valence electrons. The lowest BCUT2D eigenvalue weighted by atomic mass is 9.97. The van der Waals surface area contributed by atoms with Gasteiger partial charge >= 0.3 is 6.03 Å². The van der Waals surface area contributed by atoms with E-state index in [1.807, 2.05) is 31.2 Å². The summed E-state index contributed by atoms with van der Waals surface area (Å²) in [5.74, 6) is 1.65. The van der Waals surface area contributed by atoms with Crippen LogP contribution in [0.2, 0.25) is 0 Å². The van der Waals surface area contributed by atoms with Crippen molar-refractivity contribution in [3.05, 3.63) is 42.0 Å². The van der Waals surface area contributed by atoms with Crippen molar-refractivity contribution in [1.29, 1.82) is 0 Å². The first-order valence-corrected chi connectivity index (χ1v) is 9.03. The third-order valence-corrected chi connectivity index (χ3v) is 4.47. The van der Waals surface area contributed by atoms with Crippen molar-refractivity contribution in [1.82, 2.24) is 4.90 Å². The quantitative estimate of drug-likeness (QED) is 0.876. The Balaban J connectivity index is 1.91. The number of aryl methyl sites for hydroxylation is 1. The summed E-state index contributed by atoms with van der Waals surface area (Å²) >= 11 is 0. The molecule has 1 unspecified atom stereocenters. The van der Waals surface area contributed by atoms with E-state index >= 15 is 0 Å². The standard InChI is InChI=1S/C21H26N2O3/c1-5-25-20-13-16(8-10-18(20)22-21(24)23(3)4)15-9-11-19-17(12-15)7-6-14(2)26-19/h8-14H,5-7H2,1-4H3,(H,22,24). The molecule has 0 bridgehead atoms. The predicted molar refractivity (Wildman–Crippen MR) is 104 cm³/mol. The zero-order valence-electron chi connectivity index (χ0n) is 15.8. The molecule has 0 aliphatic carbocycles. The minimum atomic E-state index is -0.182. The van der Waals surface area contributed by atoms with Crippen LogP contribution in [0.5, 0.6) is 11.5 Å². The van der Waals surface area contributed by atoms with E-state index in [0.29, 0.717) is 18.0 Å². The number of fused-ring (bicyclic) bond motifs is 1. The lowest BCUT2D eigenvalue weighted by Gasteiger charge is -2.24. The number of ether oxygens (including phenoxy) is 2. The molecule has 1 N–H and O–H groups in total. The van der Waals surface area contributed by atoms with E-state index in [2.05, 4.69) is 24.4 Å². The maximum absolute atomic E-state index is 12.0. The molecule has 1 heterocycles. The monoisotopic (exact) mass is 354 g/mol. The Bertz CT molecular complexity index is 802. The predicted octanol–water partition coefficient (Wildman–Crippen LogP) is 4.56. The number of amides is 2. The summed E-state index contributed by atoms with van der Waals surface area (Å²) in [6.45, 7) is 4.57. The van der Waals surface area contributed by atoms with Gasteiger partial charge in [-0.2, -0.15) is 0 Å². The van der Waals surface area contributed by atoms with Crippen molar-refractivity contribution < 1.29 is 14.3 Å². The number of carbonyl (C=O) groups excluding carboxylic acids is 1. The molecular weight excluding hydrogens is 328 g/mol. The molecule has 3 rings (SSSR count). The van der Waals surface area contributed by atoms with E-state index in [9.17, 15) is 4.79 Å². The van der Waals surface area contributed by atoms with Gasteiger partial charge in [0.2, 0.25) is 0 Å². The van der Waals surface area contributed by atoms with Crippen LogP contribution in [-0.2, 0) is 6.42 Å². The number of nitrogens with one attached hydrogen (secondary N) is 1.